The van der Waals surface area contributed by atoms with Crippen LogP contribution >= 0.6 is 0 Å². The average Bonchev–Trinajstić information content (AvgIpc) is 2.51. The molecule has 0 radical (unpaired) electrons. The highest BCUT2D eigenvalue weighted by molar-refractivity contribution is 7.75. The van der Waals surface area contributed by atoms with Gasteiger partial charge in [-0.2, -0.15) is 14.2 Å². The van der Waals surface area contributed by atoms with Gasteiger partial charge in [-0.05, 0) is 30.4 Å². The Labute approximate surface area is 128 Å². The Hall–Kier alpha value is -2.79. The number of benzene rings is 1. The minimum absolute atomic E-state index is 0.0752. The van der Waals surface area contributed by atoms with Crippen LogP contribution in [-0.2, 0) is 25.1 Å². The zero-order valence-corrected chi connectivity index (χ0v) is 12.0. The topological polar surface area (TPSA) is 94.4 Å². The molecule has 0 saturated heterocycles. The van der Waals surface area contributed by atoms with Gasteiger partial charge in [0.25, 0.3) is 0 Å². The van der Waals surface area contributed by atoms with Crippen LogP contribution in [0.1, 0.15) is 6.42 Å². The predicted molar refractivity (Wildman–Crippen MR) is 77.1 cm³/mol. The maximum atomic E-state index is 11.7. The molecule has 0 saturated carbocycles. The molecule has 8 heteroatoms. The Morgan fingerprint density at radius 3 is 2.32 bits per heavy atom. The summed E-state index contributed by atoms with van der Waals surface area (Å²) in [5.74, 6) is 0.638. The summed E-state index contributed by atoms with van der Waals surface area (Å²) in [4.78, 5) is 27.7. The standard InChI is InChI=1S/C14H10N2O5S/c17-10-15-14(16-11-18)8-6-13(7-9-14)21-22(19)20-12-4-2-1-3-5-12/h1-8H,9H2. The Kier molecular flexibility index (Phi) is 5.16. The molecule has 7 nitrogen and oxygen atoms in total. The second-order valence-electron chi connectivity index (χ2n) is 4.11. The van der Waals surface area contributed by atoms with Crippen molar-refractivity contribution < 1.29 is 22.2 Å². The monoisotopic (exact) mass is 318 g/mol. The molecule has 0 aromatic heterocycles. The van der Waals surface area contributed by atoms with Crippen LogP contribution in [0.15, 0.2) is 64.3 Å². The minimum atomic E-state index is -2.04. The van der Waals surface area contributed by atoms with Gasteiger partial charge in [-0.1, -0.05) is 18.2 Å². The van der Waals surface area contributed by atoms with Gasteiger partial charge in [-0.25, -0.2) is 9.59 Å². The van der Waals surface area contributed by atoms with Crippen molar-refractivity contribution in [3.05, 3.63) is 54.3 Å². The number of aliphatic imine (C=N–C) groups is 2. The first-order valence-electron chi connectivity index (χ1n) is 6.08. The molecule has 1 atom stereocenters. The van der Waals surface area contributed by atoms with E-state index in [4.69, 9.17) is 8.37 Å². The van der Waals surface area contributed by atoms with Gasteiger partial charge in [0.2, 0.25) is 12.2 Å². The molecule has 1 aromatic rings. The predicted octanol–water partition coefficient (Wildman–Crippen LogP) is 1.87. The number of carbonyl (C=O) groups excluding carboxylic acids is 2. The van der Waals surface area contributed by atoms with E-state index in [0.29, 0.717) is 5.75 Å². The fraction of sp³-hybridized carbons (Fsp3) is 0.143. The van der Waals surface area contributed by atoms with Crippen molar-refractivity contribution in [3.8, 4) is 5.75 Å². The Bertz CT molecular complexity index is 698. The molecule has 1 unspecified atom stereocenters. The molecular weight excluding hydrogens is 308 g/mol. The van der Waals surface area contributed by atoms with E-state index in [0.717, 1.165) is 0 Å². The van der Waals surface area contributed by atoms with Crippen molar-refractivity contribution in [2.45, 2.75) is 12.1 Å². The molecule has 0 heterocycles. The summed E-state index contributed by atoms with van der Waals surface area (Å²) >= 11 is -2.04. The molecule has 0 amide bonds. The first kappa shape index (κ1) is 15.6. The minimum Gasteiger partial charge on any atom is -0.371 e. The lowest BCUT2D eigenvalue weighted by Gasteiger charge is -2.19. The van der Waals surface area contributed by atoms with Crippen LogP contribution in [-0.4, -0.2) is 22.0 Å². The highest BCUT2D eigenvalue weighted by Crippen LogP contribution is 2.26. The van der Waals surface area contributed by atoms with E-state index in [9.17, 15) is 13.8 Å². The SMILES string of the molecule is O=C=NC1(N=C=O)C=CC(OS(=O)Oc2ccccc2)=CC1. The number of nitrogens with zero attached hydrogens (tertiary/aromatic N) is 2. The second kappa shape index (κ2) is 7.28. The molecular formula is C14H10N2O5S. The van der Waals surface area contributed by atoms with E-state index in [2.05, 4.69) is 9.98 Å². The highest BCUT2D eigenvalue weighted by atomic mass is 32.2. The fourth-order valence-corrected chi connectivity index (χ4v) is 2.25. The van der Waals surface area contributed by atoms with E-state index in [-0.39, 0.29) is 12.2 Å². The van der Waals surface area contributed by atoms with Crippen LogP contribution in [0.5, 0.6) is 5.75 Å². The molecule has 0 N–H and O–H groups in total. The summed E-state index contributed by atoms with van der Waals surface area (Å²) in [5, 5.41) is 0. The zero-order chi connectivity index (χ0) is 15.8. The van der Waals surface area contributed by atoms with Crippen molar-refractivity contribution in [1.29, 1.82) is 0 Å². The summed E-state index contributed by atoms with van der Waals surface area (Å²) in [6.45, 7) is 0. The Morgan fingerprint density at radius 1 is 1.09 bits per heavy atom. The van der Waals surface area contributed by atoms with E-state index in [1.54, 1.807) is 30.3 Å². The molecule has 112 valence electrons. The van der Waals surface area contributed by atoms with Crippen LogP contribution in [0.25, 0.3) is 0 Å². The van der Waals surface area contributed by atoms with E-state index >= 15 is 0 Å². The Balaban J connectivity index is 2.00. The summed E-state index contributed by atoms with van der Waals surface area (Å²) < 4.78 is 21.9. The Morgan fingerprint density at radius 2 is 1.77 bits per heavy atom. The number of hydrogen-bond donors (Lipinski definition) is 0. The van der Waals surface area contributed by atoms with Crippen LogP contribution in [0.2, 0.25) is 0 Å². The van der Waals surface area contributed by atoms with Gasteiger partial charge in [0.15, 0.2) is 5.66 Å². The van der Waals surface area contributed by atoms with Gasteiger partial charge < -0.3 is 8.37 Å². The second-order valence-corrected chi connectivity index (χ2v) is 4.85. The van der Waals surface area contributed by atoms with Crippen molar-refractivity contribution in [2.24, 2.45) is 9.98 Å². The maximum Gasteiger partial charge on any atom is 0.417 e. The third kappa shape index (κ3) is 4.10. The van der Waals surface area contributed by atoms with Gasteiger partial charge >= 0.3 is 11.4 Å². The van der Waals surface area contributed by atoms with Gasteiger partial charge in [-0.15, -0.1) is 0 Å². The van der Waals surface area contributed by atoms with Gasteiger partial charge in [0.05, 0.1) is 0 Å². The maximum absolute atomic E-state index is 11.7. The van der Waals surface area contributed by atoms with E-state index in [1.807, 2.05) is 0 Å². The third-order valence-corrected chi connectivity index (χ3v) is 3.33. The normalized spacial score (nSPS) is 20.8. The number of rotatable bonds is 6. The lowest BCUT2D eigenvalue weighted by Crippen LogP contribution is -2.22. The lowest BCUT2D eigenvalue weighted by molar-refractivity contribution is 0.394. The molecule has 0 spiro atoms. The highest BCUT2D eigenvalue weighted by Gasteiger charge is 2.28. The summed E-state index contributed by atoms with van der Waals surface area (Å²) in [6.07, 6.45) is 7.00. The molecule has 0 aliphatic heterocycles. The first-order chi connectivity index (χ1) is 10.7. The summed E-state index contributed by atoms with van der Waals surface area (Å²) in [7, 11) is 0. The molecule has 1 aromatic carbocycles. The lowest BCUT2D eigenvalue weighted by atomic mass is 10.0. The number of allylic oxidation sites excluding steroid dienone is 1. The van der Waals surface area contributed by atoms with Gasteiger partial charge in [0.1, 0.15) is 11.5 Å². The van der Waals surface area contributed by atoms with Crippen LogP contribution in [0.3, 0.4) is 0 Å². The number of isocyanates is 2. The summed E-state index contributed by atoms with van der Waals surface area (Å²) in [5.41, 5.74) is -1.36. The molecule has 0 fully saturated rings. The largest absolute Gasteiger partial charge is 0.417 e. The number of para-hydroxylation sites is 1. The molecule has 2 rings (SSSR count). The zero-order valence-electron chi connectivity index (χ0n) is 11.2. The van der Waals surface area contributed by atoms with Crippen molar-refractivity contribution >= 4 is 23.5 Å². The average molecular weight is 318 g/mol. The first-order valence-corrected chi connectivity index (χ1v) is 7.08. The smallest absolute Gasteiger partial charge is 0.371 e. The third-order valence-electron chi connectivity index (χ3n) is 2.67. The van der Waals surface area contributed by atoms with Crippen LogP contribution in [0.4, 0.5) is 0 Å². The molecule has 22 heavy (non-hydrogen) atoms. The van der Waals surface area contributed by atoms with Crippen molar-refractivity contribution in [1.82, 2.24) is 0 Å². The molecule has 1 aliphatic carbocycles. The van der Waals surface area contributed by atoms with Crippen LogP contribution in [0, 0.1) is 0 Å². The summed E-state index contributed by atoms with van der Waals surface area (Å²) in [6, 6.07) is 8.53. The molecule has 1 aliphatic rings. The molecule has 0 bridgehead atoms. The van der Waals surface area contributed by atoms with E-state index < -0.39 is 17.0 Å². The van der Waals surface area contributed by atoms with E-state index in [1.165, 1.54) is 30.4 Å². The fourth-order valence-electron chi connectivity index (χ4n) is 1.66. The van der Waals surface area contributed by atoms with Crippen molar-refractivity contribution in [3.63, 3.8) is 0 Å². The number of hydrogen-bond acceptors (Lipinski definition) is 7. The van der Waals surface area contributed by atoms with Gasteiger partial charge in [-0.3, -0.25) is 0 Å². The quantitative estimate of drug-likeness (QED) is 0.589. The van der Waals surface area contributed by atoms with Crippen LogP contribution < -0.4 is 4.18 Å². The van der Waals surface area contributed by atoms with Gasteiger partial charge in [0, 0.05) is 6.42 Å². The van der Waals surface area contributed by atoms with Crippen molar-refractivity contribution in [2.75, 3.05) is 0 Å².